The van der Waals surface area contributed by atoms with Gasteiger partial charge in [0, 0.05) is 20.8 Å². The van der Waals surface area contributed by atoms with Gasteiger partial charge in [-0.25, -0.2) is 4.98 Å². The molecule has 2 aromatic carbocycles. The Hall–Kier alpha value is -2.14. The molecule has 5 rings (SSSR count). The molecule has 1 aliphatic rings. The predicted octanol–water partition coefficient (Wildman–Crippen LogP) is 6.15. The van der Waals surface area contributed by atoms with E-state index in [0.717, 1.165) is 38.7 Å². The molecule has 140 valence electrons. The number of benzene rings is 2. The average Bonchev–Trinajstić information content (AvgIpc) is 3.08. The third-order valence-corrected chi connectivity index (χ3v) is 7.28. The number of rotatable bonds is 2. The van der Waals surface area contributed by atoms with Crippen molar-refractivity contribution in [1.29, 1.82) is 0 Å². The molecule has 0 fully saturated rings. The first-order chi connectivity index (χ1) is 13.6. The van der Waals surface area contributed by atoms with Crippen LogP contribution in [0, 0.1) is 0 Å². The molecule has 0 bridgehead atoms. The molecular weight excluding hydrogens is 411 g/mol. The summed E-state index contributed by atoms with van der Waals surface area (Å²) in [6.07, 6.45) is 3.29. The smallest absolute Gasteiger partial charge is 0.259 e. The summed E-state index contributed by atoms with van der Waals surface area (Å²) >= 11 is 13.8. The second-order valence-electron chi connectivity index (χ2n) is 7.15. The van der Waals surface area contributed by atoms with E-state index in [4.69, 9.17) is 23.2 Å². The number of aromatic amines is 1. The fraction of sp³-hybridized carbons (Fsp3) is 0.182. The van der Waals surface area contributed by atoms with E-state index in [1.165, 1.54) is 22.3 Å². The van der Waals surface area contributed by atoms with Gasteiger partial charge in [0.15, 0.2) is 0 Å². The zero-order valence-electron chi connectivity index (χ0n) is 14.8. The number of aromatic nitrogens is 2. The summed E-state index contributed by atoms with van der Waals surface area (Å²) in [4.78, 5) is 21.8. The molecule has 0 saturated heterocycles. The fourth-order valence-electron chi connectivity index (χ4n) is 4.19. The van der Waals surface area contributed by atoms with Crippen molar-refractivity contribution in [2.75, 3.05) is 0 Å². The lowest BCUT2D eigenvalue weighted by atomic mass is 9.75. The van der Waals surface area contributed by atoms with Crippen molar-refractivity contribution in [3.05, 3.63) is 96.8 Å². The summed E-state index contributed by atoms with van der Waals surface area (Å²) in [5.74, 6) is 0.517. The molecule has 2 heterocycles. The summed E-state index contributed by atoms with van der Waals surface area (Å²) in [6, 6.07) is 16.1. The van der Waals surface area contributed by atoms with Crippen LogP contribution in [-0.4, -0.2) is 9.97 Å². The third kappa shape index (κ3) is 3.06. The number of thiophene rings is 1. The molecule has 2 aromatic heterocycles. The highest BCUT2D eigenvalue weighted by Crippen LogP contribution is 2.48. The van der Waals surface area contributed by atoms with Crippen molar-refractivity contribution in [3.8, 4) is 0 Å². The highest BCUT2D eigenvalue weighted by Gasteiger charge is 2.33. The van der Waals surface area contributed by atoms with Crippen molar-refractivity contribution >= 4 is 44.8 Å². The normalized spacial score (nSPS) is 18.9. The number of halogens is 2. The van der Waals surface area contributed by atoms with Gasteiger partial charge in [-0.3, -0.25) is 4.79 Å². The highest BCUT2D eigenvalue weighted by atomic mass is 35.5. The molecule has 0 aliphatic heterocycles. The summed E-state index contributed by atoms with van der Waals surface area (Å²) in [5, 5.41) is 2.19. The largest absolute Gasteiger partial charge is 0.313 e. The maximum atomic E-state index is 12.6. The Bertz CT molecular complexity index is 1210. The lowest BCUT2D eigenvalue weighted by Crippen LogP contribution is -2.18. The van der Waals surface area contributed by atoms with Gasteiger partial charge in [0.2, 0.25) is 0 Å². The van der Waals surface area contributed by atoms with Gasteiger partial charge in [0.25, 0.3) is 5.56 Å². The number of hydrogen-bond acceptors (Lipinski definition) is 3. The number of H-pyrrole nitrogens is 1. The Kier molecular flexibility index (Phi) is 4.50. The minimum Gasteiger partial charge on any atom is -0.313 e. The van der Waals surface area contributed by atoms with E-state index in [9.17, 15) is 4.79 Å². The molecule has 2 unspecified atom stereocenters. The quantitative estimate of drug-likeness (QED) is 0.417. The summed E-state index contributed by atoms with van der Waals surface area (Å²) < 4.78 is 0. The standard InChI is InChI=1S/C22H16Cl2N2OS/c23-15-5-1-12(2-6-15)14-9-17(13-3-7-16(24)8-4-13)20-18(10-14)19-21(27)25-11-26-22(19)28-20/h1-8,11,14,17H,9-10H2,(H,25,26,27). The second-order valence-corrected chi connectivity index (χ2v) is 9.05. The van der Waals surface area contributed by atoms with Crippen LogP contribution in [-0.2, 0) is 6.42 Å². The first-order valence-corrected chi connectivity index (χ1v) is 10.7. The molecule has 0 radical (unpaired) electrons. The summed E-state index contributed by atoms with van der Waals surface area (Å²) in [6.45, 7) is 0. The van der Waals surface area contributed by atoms with Crippen molar-refractivity contribution < 1.29 is 0 Å². The Labute approximate surface area is 176 Å². The zero-order chi connectivity index (χ0) is 19.3. The number of nitrogens with one attached hydrogen (secondary N) is 1. The number of fused-ring (bicyclic) bond motifs is 3. The van der Waals surface area contributed by atoms with Crippen molar-refractivity contribution in [2.24, 2.45) is 0 Å². The average molecular weight is 427 g/mol. The third-order valence-electron chi connectivity index (χ3n) is 5.53. The Balaban J connectivity index is 1.69. The SMILES string of the molecule is O=c1[nH]cnc2sc3c(c12)CC(c1ccc(Cl)cc1)CC3c1ccc(Cl)cc1. The van der Waals surface area contributed by atoms with Gasteiger partial charge in [-0.1, -0.05) is 47.5 Å². The molecular formula is C22H16Cl2N2OS. The molecule has 1 aliphatic carbocycles. The van der Waals surface area contributed by atoms with Gasteiger partial charge >= 0.3 is 0 Å². The predicted molar refractivity (Wildman–Crippen MR) is 116 cm³/mol. The van der Waals surface area contributed by atoms with Gasteiger partial charge in [0.05, 0.1) is 11.7 Å². The minimum absolute atomic E-state index is 0.0610. The Morgan fingerprint density at radius 1 is 0.964 bits per heavy atom. The maximum absolute atomic E-state index is 12.6. The van der Waals surface area contributed by atoms with Gasteiger partial charge in [0.1, 0.15) is 4.83 Å². The highest BCUT2D eigenvalue weighted by molar-refractivity contribution is 7.19. The van der Waals surface area contributed by atoms with Crippen LogP contribution < -0.4 is 5.56 Å². The molecule has 2 atom stereocenters. The van der Waals surface area contributed by atoms with Crippen LogP contribution in [0.3, 0.4) is 0 Å². The summed E-state index contributed by atoms with van der Waals surface area (Å²) in [5.41, 5.74) is 3.52. The molecule has 0 spiro atoms. The topological polar surface area (TPSA) is 45.8 Å². The summed E-state index contributed by atoms with van der Waals surface area (Å²) in [7, 11) is 0. The van der Waals surface area contributed by atoms with Crippen LogP contribution in [0.5, 0.6) is 0 Å². The van der Waals surface area contributed by atoms with Crippen molar-refractivity contribution in [2.45, 2.75) is 24.7 Å². The molecule has 6 heteroatoms. The molecule has 0 saturated carbocycles. The minimum atomic E-state index is -0.0610. The van der Waals surface area contributed by atoms with Crippen LogP contribution in [0.1, 0.15) is 39.8 Å². The first-order valence-electron chi connectivity index (χ1n) is 9.10. The maximum Gasteiger partial charge on any atom is 0.259 e. The fourth-order valence-corrected chi connectivity index (χ4v) is 5.76. The van der Waals surface area contributed by atoms with Gasteiger partial charge in [-0.05, 0) is 59.7 Å². The molecule has 1 N–H and O–H groups in total. The van der Waals surface area contributed by atoms with Crippen LogP contribution in [0.15, 0.2) is 59.7 Å². The van der Waals surface area contributed by atoms with E-state index in [2.05, 4.69) is 34.2 Å². The first kappa shape index (κ1) is 17.9. The number of hydrogen-bond donors (Lipinski definition) is 1. The van der Waals surface area contributed by atoms with E-state index >= 15 is 0 Å². The second kappa shape index (κ2) is 7.03. The number of nitrogens with zero attached hydrogens (tertiary/aromatic N) is 1. The molecule has 0 amide bonds. The monoisotopic (exact) mass is 426 g/mol. The van der Waals surface area contributed by atoms with Crippen molar-refractivity contribution in [3.63, 3.8) is 0 Å². The lowest BCUT2D eigenvalue weighted by molar-refractivity contribution is 0.546. The van der Waals surface area contributed by atoms with E-state index in [1.54, 1.807) is 11.3 Å². The lowest BCUT2D eigenvalue weighted by Gasteiger charge is -2.30. The van der Waals surface area contributed by atoms with E-state index in [0.29, 0.717) is 5.92 Å². The Morgan fingerprint density at radius 2 is 1.61 bits per heavy atom. The van der Waals surface area contributed by atoms with Gasteiger partial charge in [-0.2, -0.15) is 0 Å². The van der Waals surface area contributed by atoms with E-state index in [-0.39, 0.29) is 11.5 Å². The molecule has 28 heavy (non-hydrogen) atoms. The van der Waals surface area contributed by atoms with E-state index < -0.39 is 0 Å². The van der Waals surface area contributed by atoms with Crippen LogP contribution in [0.2, 0.25) is 10.0 Å². The van der Waals surface area contributed by atoms with Crippen LogP contribution in [0.4, 0.5) is 0 Å². The Morgan fingerprint density at radius 3 is 2.29 bits per heavy atom. The molecule has 3 nitrogen and oxygen atoms in total. The molecule has 4 aromatic rings. The van der Waals surface area contributed by atoms with Crippen LogP contribution in [0.25, 0.3) is 10.2 Å². The van der Waals surface area contributed by atoms with Gasteiger partial charge in [-0.15, -0.1) is 11.3 Å². The van der Waals surface area contributed by atoms with E-state index in [1.807, 2.05) is 24.3 Å². The van der Waals surface area contributed by atoms with Crippen LogP contribution >= 0.6 is 34.5 Å². The van der Waals surface area contributed by atoms with Crippen molar-refractivity contribution in [1.82, 2.24) is 9.97 Å². The van der Waals surface area contributed by atoms with Gasteiger partial charge < -0.3 is 4.98 Å². The zero-order valence-corrected chi connectivity index (χ0v) is 17.1.